The van der Waals surface area contributed by atoms with E-state index in [0.29, 0.717) is 25.4 Å². The minimum absolute atomic E-state index is 0.0328. The molecule has 1 saturated heterocycles. The number of aromatic nitrogens is 2. The van der Waals surface area contributed by atoms with E-state index in [1.165, 1.54) is 7.11 Å². The van der Waals surface area contributed by atoms with Gasteiger partial charge in [0.05, 0.1) is 18.3 Å². The van der Waals surface area contributed by atoms with Gasteiger partial charge in [0.25, 0.3) is 0 Å². The molecule has 1 amide bonds. The van der Waals surface area contributed by atoms with Crippen LogP contribution in [0.2, 0.25) is 5.02 Å². The summed E-state index contributed by atoms with van der Waals surface area (Å²) in [5.41, 5.74) is 2.25. The molecule has 1 aromatic carbocycles. The van der Waals surface area contributed by atoms with Crippen LogP contribution < -0.4 is 9.64 Å². The number of carbonyl (C=O) groups is 2. The number of nitrogens with zero attached hydrogens (tertiary/aromatic N) is 4. The Kier molecular flexibility index (Phi) is 9.07. The normalized spacial score (nSPS) is 15.6. The van der Waals surface area contributed by atoms with Crippen LogP contribution in [0.1, 0.15) is 63.4 Å². The number of halogens is 1. The van der Waals surface area contributed by atoms with Crippen molar-refractivity contribution in [2.75, 3.05) is 31.6 Å². The molecule has 0 unspecified atom stereocenters. The van der Waals surface area contributed by atoms with Gasteiger partial charge in [-0.05, 0) is 63.4 Å². The van der Waals surface area contributed by atoms with Gasteiger partial charge in [0, 0.05) is 49.2 Å². The Labute approximate surface area is 246 Å². The first-order valence-electron chi connectivity index (χ1n) is 13.6. The van der Waals surface area contributed by atoms with Gasteiger partial charge in [-0.25, -0.2) is 14.6 Å². The number of amides is 1. The van der Waals surface area contributed by atoms with Crippen LogP contribution in [0.5, 0.6) is 11.5 Å². The maximum absolute atomic E-state index is 12.6. The number of esters is 1. The Balaban J connectivity index is 1.61. The van der Waals surface area contributed by atoms with E-state index in [1.54, 1.807) is 29.3 Å². The fraction of sp³-hybridized carbons (Fsp3) is 0.419. The van der Waals surface area contributed by atoms with Crippen LogP contribution in [0.3, 0.4) is 0 Å². The molecule has 0 saturated carbocycles. The second kappa shape index (κ2) is 12.3. The standard InChI is InChI=1S/C31H37ClN4O5/c1-19(2)22-16-33-17-25(40-24-10-8-9-23(32)28(24)29(37)39-7)27(22)21-11-12-26(34-15-21)35-13-14-36(20(3)18-35)30(38)41-31(4,5)6/h8-12,15-17,19-20H,13-14,18H2,1-7H3/t20-/m0/s1. The lowest BCUT2D eigenvalue weighted by Crippen LogP contribution is -2.55. The number of anilines is 1. The molecule has 0 bridgehead atoms. The summed E-state index contributed by atoms with van der Waals surface area (Å²) in [4.78, 5) is 38.2. The highest BCUT2D eigenvalue weighted by atomic mass is 35.5. The number of ether oxygens (including phenoxy) is 3. The van der Waals surface area contributed by atoms with Gasteiger partial charge in [-0.3, -0.25) is 4.98 Å². The van der Waals surface area contributed by atoms with Crippen molar-refractivity contribution >= 4 is 29.5 Å². The summed E-state index contributed by atoms with van der Waals surface area (Å²) in [6.07, 6.45) is 4.95. The second-order valence-electron chi connectivity index (χ2n) is 11.3. The molecule has 0 spiro atoms. The van der Waals surface area contributed by atoms with Crippen molar-refractivity contribution in [3.8, 4) is 22.6 Å². The van der Waals surface area contributed by atoms with Gasteiger partial charge >= 0.3 is 12.1 Å². The SMILES string of the molecule is COC(=O)c1c(Cl)cccc1Oc1cncc(C(C)C)c1-c1ccc(N2CCN(C(=O)OC(C)(C)C)[C@@H](C)C2)nc1. The Morgan fingerprint density at radius 2 is 1.80 bits per heavy atom. The summed E-state index contributed by atoms with van der Waals surface area (Å²) >= 11 is 6.32. The van der Waals surface area contributed by atoms with E-state index in [9.17, 15) is 9.59 Å². The fourth-order valence-corrected chi connectivity index (χ4v) is 5.01. The number of hydrogen-bond donors (Lipinski definition) is 0. The number of methoxy groups -OCH3 is 1. The molecule has 10 heteroatoms. The van der Waals surface area contributed by atoms with Crippen LogP contribution in [0.4, 0.5) is 10.6 Å². The molecule has 2 aromatic heterocycles. The Bertz CT molecular complexity index is 1400. The van der Waals surface area contributed by atoms with Crippen LogP contribution >= 0.6 is 11.6 Å². The molecule has 1 aliphatic rings. The predicted molar refractivity (Wildman–Crippen MR) is 159 cm³/mol. The molecule has 218 valence electrons. The van der Waals surface area contributed by atoms with Gasteiger partial charge in [-0.2, -0.15) is 0 Å². The predicted octanol–water partition coefficient (Wildman–Crippen LogP) is 6.94. The third kappa shape index (κ3) is 6.90. The molecule has 9 nitrogen and oxygen atoms in total. The summed E-state index contributed by atoms with van der Waals surface area (Å²) in [5.74, 6) is 1.11. The summed E-state index contributed by atoms with van der Waals surface area (Å²) in [7, 11) is 1.30. The van der Waals surface area contributed by atoms with Crippen LogP contribution in [-0.2, 0) is 9.47 Å². The van der Waals surface area contributed by atoms with Crippen molar-refractivity contribution in [2.45, 2.75) is 59.1 Å². The summed E-state index contributed by atoms with van der Waals surface area (Å²) < 4.78 is 16.8. The zero-order valence-electron chi connectivity index (χ0n) is 24.6. The van der Waals surface area contributed by atoms with Crippen LogP contribution in [-0.4, -0.2) is 65.3 Å². The smallest absolute Gasteiger partial charge is 0.410 e. The van der Waals surface area contributed by atoms with E-state index < -0.39 is 11.6 Å². The van der Waals surface area contributed by atoms with Crippen LogP contribution in [0.15, 0.2) is 48.9 Å². The molecular weight excluding hydrogens is 544 g/mol. The molecular formula is C31H37ClN4O5. The first-order chi connectivity index (χ1) is 19.4. The van der Waals surface area contributed by atoms with Gasteiger partial charge in [0.1, 0.15) is 22.7 Å². The van der Waals surface area contributed by atoms with E-state index in [4.69, 9.17) is 30.8 Å². The molecule has 0 aliphatic carbocycles. The lowest BCUT2D eigenvalue weighted by atomic mass is 9.94. The maximum Gasteiger partial charge on any atom is 0.410 e. The largest absolute Gasteiger partial charge is 0.465 e. The second-order valence-corrected chi connectivity index (χ2v) is 11.7. The van der Waals surface area contributed by atoms with Crippen molar-refractivity contribution in [3.05, 3.63) is 65.1 Å². The zero-order valence-corrected chi connectivity index (χ0v) is 25.4. The molecule has 4 rings (SSSR count). The number of rotatable bonds is 6. The molecule has 0 N–H and O–H groups in total. The van der Waals surface area contributed by atoms with Crippen molar-refractivity contribution in [2.24, 2.45) is 0 Å². The van der Waals surface area contributed by atoms with Crippen molar-refractivity contribution in [1.29, 1.82) is 0 Å². The minimum atomic E-state index is -0.591. The van der Waals surface area contributed by atoms with Crippen molar-refractivity contribution in [1.82, 2.24) is 14.9 Å². The topological polar surface area (TPSA) is 94.1 Å². The highest BCUT2D eigenvalue weighted by molar-refractivity contribution is 6.34. The monoisotopic (exact) mass is 580 g/mol. The Morgan fingerprint density at radius 3 is 2.41 bits per heavy atom. The maximum atomic E-state index is 12.6. The number of benzene rings is 1. The minimum Gasteiger partial charge on any atom is -0.465 e. The third-order valence-electron chi connectivity index (χ3n) is 6.76. The molecule has 0 radical (unpaired) electrons. The molecule has 1 fully saturated rings. The van der Waals surface area contributed by atoms with Crippen LogP contribution in [0, 0.1) is 0 Å². The van der Waals surface area contributed by atoms with Crippen molar-refractivity contribution in [3.63, 3.8) is 0 Å². The lowest BCUT2D eigenvalue weighted by molar-refractivity contribution is 0.0158. The number of pyridine rings is 2. The highest BCUT2D eigenvalue weighted by Crippen LogP contribution is 2.40. The third-order valence-corrected chi connectivity index (χ3v) is 7.08. The first-order valence-corrected chi connectivity index (χ1v) is 14.0. The molecule has 41 heavy (non-hydrogen) atoms. The average molecular weight is 581 g/mol. The molecule has 1 atom stereocenters. The number of piperazine rings is 1. The van der Waals surface area contributed by atoms with Gasteiger partial charge < -0.3 is 24.0 Å². The highest BCUT2D eigenvalue weighted by Gasteiger charge is 2.31. The van der Waals surface area contributed by atoms with E-state index in [-0.39, 0.29) is 34.4 Å². The van der Waals surface area contributed by atoms with Gasteiger partial charge in [-0.15, -0.1) is 0 Å². The first kappa shape index (κ1) is 30.1. The average Bonchev–Trinajstić information content (AvgIpc) is 2.91. The summed E-state index contributed by atoms with van der Waals surface area (Å²) in [6, 6.07) is 8.93. The number of carbonyl (C=O) groups excluding carboxylic acids is 2. The van der Waals surface area contributed by atoms with Crippen LogP contribution in [0.25, 0.3) is 11.1 Å². The van der Waals surface area contributed by atoms with E-state index >= 15 is 0 Å². The zero-order chi connectivity index (χ0) is 29.9. The fourth-order valence-electron chi connectivity index (χ4n) is 4.77. The summed E-state index contributed by atoms with van der Waals surface area (Å²) in [5, 5.41) is 0.232. The summed E-state index contributed by atoms with van der Waals surface area (Å²) in [6.45, 7) is 13.6. The molecule has 1 aliphatic heterocycles. The molecule has 3 aromatic rings. The van der Waals surface area contributed by atoms with Gasteiger partial charge in [-0.1, -0.05) is 31.5 Å². The van der Waals surface area contributed by atoms with E-state index in [2.05, 4.69) is 23.7 Å². The van der Waals surface area contributed by atoms with E-state index in [1.807, 2.05) is 52.2 Å². The van der Waals surface area contributed by atoms with Crippen molar-refractivity contribution < 1.29 is 23.8 Å². The quantitative estimate of drug-likeness (QED) is 0.289. The van der Waals surface area contributed by atoms with E-state index in [0.717, 1.165) is 22.5 Å². The Hall–Kier alpha value is -3.85. The number of hydrogen-bond acceptors (Lipinski definition) is 8. The lowest BCUT2D eigenvalue weighted by Gasteiger charge is -2.40. The van der Waals surface area contributed by atoms with Gasteiger partial charge in [0.2, 0.25) is 0 Å². The van der Waals surface area contributed by atoms with Gasteiger partial charge in [0.15, 0.2) is 5.75 Å². The Morgan fingerprint density at radius 1 is 1.05 bits per heavy atom. The molecule has 3 heterocycles.